The van der Waals surface area contributed by atoms with Gasteiger partial charge in [-0.1, -0.05) is 98.3 Å². The fourth-order valence-electron chi connectivity index (χ4n) is 4.36. The largest absolute Gasteiger partial charge is 0.448 e. The smallest absolute Gasteiger partial charge is 0.360 e. The Morgan fingerprint density at radius 3 is 1.77 bits per heavy atom. The zero-order valence-corrected chi connectivity index (χ0v) is 20.6. The van der Waals surface area contributed by atoms with Crippen LogP contribution in [0.3, 0.4) is 0 Å². The number of unbranched alkanes of at least 4 members (excludes halogenated alkanes) is 9. The molecule has 0 unspecified atom stereocenters. The van der Waals surface area contributed by atoms with Crippen LogP contribution in [0, 0.1) is 11.3 Å². The van der Waals surface area contributed by atoms with Crippen molar-refractivity contribution in [2.24, 2.45) is 11.3 Å². The number of ketones is 1. The topological polar surface area (TPSA) is 87.6 Å². The van der Waals surface area contributed by atoms with E-state index in [2.05, 4.69) is 11.7 Å². The molecule has 0 amide bonds. The van der Waals surface area contributed by atoms with E-state index in [1.807, 2.05) is 0 Å². The molecular weight excluding hydrogens is 396 g/mol. The molecule has 0 spiro atoms. The lowest BCUT2D eigenvalue weighted by atomic mass is 9.85. The molecule has 1 saturated carbocycles. The van der Waals surface area contributed by atoms with Gasteiger partial charge in [-0.15, -0.1) is 4.79 Å². The van der Waals surface area contributed by atoms with Gasteiger partial charge >= 0.3 is 5.04 Å². The van der Waals surface area contributed by atoms with Crippen LogP contribution in [0.1, 0.15) is 124 Å². The van der Waals surface area contributed by atoms with Crippen molar-refractivity contribution in [1.82, 2.24) is 0 Å². The molecule has 30 heavy (non-hydrogen) atoms. The molecule has 0 aliphatic heterocycles. The summed E-state index contributed by atoms with van der Waals surface area (Å²) in [7, 11) is -3.87. The Balaban J connectivity index is 2.30. The van der Waals surface area contributed by atoms with Crippen molar-refractivity contribution in [1.29, 1.82) is 0 Å². The van der Waals surface area contributed by atoms with E-state index in [9.17, 15) is 18.7 Å². The highest BCUT2D eigenvalue weighted by Gasteiger charge is 2.46. The van der Waals surface area contributed by atoms with Gasteiger partial charge in [0, 0.05) is 5.41 Å². The van der Waals surface area contributed by atoms with E-state index < -0.39 is 31.3 Å². The summed E-state index contributed by atoms with van der Waals surface area (Å²) in [6, 6.07) is 0. The number of Topliss-reactive ketones (excluding diaryl/α,β-unsaturated/α-hetero) is 1. The minimum atomic E-state index is -3.87. The van der Waals surface area contributed by atoms with Gasteiger partial charge in [0.05, 0.1) is 5.25 Å². The Hall–Kier alpha value is -1.00. The SMILES string of the molecule is CCCCCCCCCCCCC1CCC(S(=O)(=O)C(=[N+]=[N-])C(=O)C(C)(C)C)CC1. The van der Waals surface area contributed by atoms with Crippen LogP contribution in [0.15, 0.2) is 0 Å². The van der Waals surface area contributed by atoms with Gasteiger partial charge in [0.15, 0.2) is 0 Å². The molecule has 174 valence electrons. The van der Waals surface area contributed by atoms with Gasteiger partial charge in [0.1, 0.15) is 0 Å². The van der Waals surface area contributed by atoms with Crippen molar-refractivity contribution in [3.63, 3.8) is 0 Å². The quantitative estimate of drug-likeness (QED) is 0.107. The van der Waals surface area contributed by atoms with Crippen molar-refractivity contribution in [3.05, 3.63) is 5.53 Å². The number of hydrogen-bond acceptors (Lipinski definition) is 3. The molecule has 1 aliphatic rings. The van der Waals surface area contributed by atoms with E-state index in [0.29, 0.717) is 18.8 Å². The first kappa shape index (κ1) is 27.0. The molecular formula is C24H44N2O3S. The molecule has 0 aromatic heterocycles. The maximum Gasteiger partial charge on any atom is 0.448 e. The lowest BCUT2D eigenvalue weighted by Gasteiger charge is -2.27. The first-order valence-corrected chi connectivity index (χ1v) is 13.7. The summed E-state index contributed by atoms with van der Waals surface area (Å²) in [6.45, 7) is 7.16. The Kier molecular flexibility index (Phi) is 12.1. The molecule has 0 atom stereocenters. The molecule has 0 aromatic rings. The van der Waals surface area contributed by atoms with Gasteiger partial charge in [-0.3, -0.25) is 4.79 Å². The van der Waals surface area contributed by atoms with E-state index >= 15 is 0 Å². The van der Waals surface area contributed by atoms with Crippen molar-refractivity contribution >= 4 is 20.7 Å². The molecule has 1 aliphatic carbocycles. The third kappa shape index (κ3) is 9.01. The van der Waals surface area contributed by atoms with E-state index in [4.69, 9.17) is 0 Å². The van der Waals surface area contributed by atoms with Gasteiger partial charge in [-0.05, 0) is 31.6 Å². The lowest BCUT2D eigenvalue weighted by Crippen LogP contribution is -2.41. The fourth-order valence-corrected chi connectivity index (χ4v) is 6.25. The summed E-state index contributed by atoms with van der Waals surface area (Å²) < 4.78 is 25.7. The highest BCUT2D eigenvalue weighted by Crippen LogP contribution is 2.33. The second-order valence-corrected chi connectivity index (χ2v) is 12.3. The zero-order chi connectivity index (χ0) is 22.6. The van der Waals surface area contributed by atoms with Crippen LogP contribution in [0.2, 0.25) is 0 Å². The summed E-state index contributed by atoms with van der Waals surface area (Å²) in [4.78, 5) is 15.3. The first-order valence-electron chi connectivity index (χ1n) is 12.1. The summed E-state index contributed by atoms with van der Waals surface area (Å²) >= 11 is 0. The molecule has 0 saturated heterocycles. The molecule has 0 bridgehead atoms. The number of carbonyl (C=O) groups excluding carboxylic acids is 1. The first-order chi connectivity index (χ1) is 14.1. The Morgan fingerprint density at radius 2 is 1.33 bits per heavy atom. The average molecular weight is 441 g/mol. The van der Waals surface area contributed by atoms with Gasteiger partial charge in [0.2, 0.25) is 0 Å². The van der Waals surface area contributed by atoms with Crippen molar-refractivity contribution in [2.75, 3.05) is 0 Å². The minimum Gasteiger partial charge on any atom is -0.360 e. The monoisotopic (exact) mass is 440 g/mol. The Bertz CT molecular complexity index is 665. The summed E-state index contributed by atoms with van der Waals surface area (Å²) in [5.74, 6) is -0.0317. The average Bonchev–Trinajstić information content (AvgIpc) is 2.69. The predicted octanol–water partition coefficient (Wildman–Crippen LogP) is 6.51. The van der Waals surface area contributed by atoms with Gasteiger partial charge in [0.25, 0.3) is 15.6 Å². The molecule has 5 nitrogen and oxygen atoms in total. The second kappa shape index (κ2) is 13.4. The highest BCUT2D eigenvalue weighted by atomic mass is 32.2. The highest BCUT2D eigenvalue weighted by molar-refractivity contribution is 8.08. The Labute approximate surface area is 184 Å². The standard InChI is InChI=1S/C24H44N2O3S/c1-5-6-7-8-9-10-11-12-13-14-15-20-16-18-21(19-17-20)30(28,29)23(26-25)22(27)24(2,3)4/h20-21H,5-19H2,1-4H3. The number of rotatable bonds is 13. The van der Waals surface area contributed by atoms with Crippen LogP contribution < -0.4 is 0 Å². The molecule has 1 rings (SSSR count). The fraction of sp³-hybridized carbons (Fsp3) is 0.917. The Morgan fingerprint density at radius 1 is 0.867 bits per heavy atom. The molecule has 6 heteroatoms. The van der Waals surface area contributed by atoms with E-state index in [1.165, 1.54) is 70.6 Å². The number of hydrogen-bond donors (Lipinski definition) is 0. The van der Waals surface area contributed by atoms with Crippen molar-refractivity contribution in [3.8, 4) is 0 Å². The normalized spacial score (nSPS) is 20.0. The maximum absolute atomic E-state index is 12.8. The number of sulfone groups is 1. The van der Waals surface area contributed by atoms with Crippen LogP contribution in [-0.2, 0) is 14.6 Å². The summed E-state index contributed by atoms with van der Waals surface area (Å²) in [5.41, 5.74) is 8.34. The van der Waals surface area contributed by atoms with Crippen LogP contribution in [0.5, 0.6) is 0 Å². The second-order valence-electron chi connectivity index (χ2n) is 10.1. The van der Waals surface area contributed by atoms with E-state index in [0.717, 1.165) is 12.8 Å². The molecule has 0 N–H and O–H groups in total. The zero-order valence-electron chi connectivity index (χ0n) is 19.8. The lowest BCUT2D eigenvalue weighted by molar-refractivity contribution is -0.123. The van der Waals surface area contributed by atoms with Gasteiger partial charge in [-0.2, -0.15) is 0 Å². The molecule has 0 radical (unpaired) electrons. The van der Waals surface area contributed by atoms with Crippen molar-refractivity contribution < 1.29 is 18.0 Å². The summed E-state index contributed by atoms with van der Waals surface area (Å²) in [5, 5.41) is -1.26. The number of carbonyl (C=O) groups is 1. The van der Waals surface area contributed by atoms with E-state index in [1.54, 1.807) is 20.8 Å². The third-order valence-corrected chi connectivity index (χ3v) is 8.59. The minimum absolute atomic E-state index is 0.557. The van der Waals surface area contributed by atoms with Crippen LogP contribution >= 0.6 is 0 Å². The van der Waals surface area contributed by atoms with Crippen molar-refractivity contribution in [2.45, 2.75) is 129 Å². The number of nitrogens with zero attached hydrogens (tertiary/aromatic N) is 2. The van der Waals surface area contributed by atoms with Crippen LogP contribution in [-0.4, -0.2) is 29.3 Å². The van der Waals surface area contributed by atoms with Crippen LogP contribution in [0.4, 0.5) is 0 Å². The summed E-state index contributed by atoms with van der Waals surface area (Å²) in [6.07, 6.45) is 17.3. The van der Waals surface area contributed by atoms with Gasteiger partial charge < -0.3 is 5.53 Å². The molecule has 0 aromatic carbocycles. The van der Waals surface area contributed by atoms with Gasteiger partial charge in [-0.25, -0.2) is 8.42 Å². The maximum atomic E-state index is 12.8. The molecule has 0 heterocycles. The van der Waals surface area contributed by atoms with Crippen LogP contribution in [0.25, 0.3) is 5.53 Å². The third-order valence-electron chi connectivity index (χ3n) is 6.43. The van der Waals surface area contributed by atoms with E-state index in [-0.39, 0.29) is 0 Å². The molecule has 1 fully saturated rings. The predicted molar refractivity (Wildman–Crippen MR) is 124 cm³/mol.